The van der Waals surface area contributed by atoms with Crippen molar-refractivity contribution in [1.29, 1.82) is 0 Å². The summed E-state index contributed by atoms with van der Waals surface area (Å²) in [5, 5.41) is 0. The third-order valence-corrected chi connectivity index (χ3v) is 8.63. The van der Waals surface area contributed by atoms with Gasteiger partial charge in [0.2, 0.25) is 5.60 Å². The largest absolute Gasteiger partial charge is 0.490 e. The first-order valence-electron chi connectivity index (χ1n) is 12.4. The van der Waals surface area contributed by atoms with Gasteiger partial charge in [0.1, 0.15) is 19.1 Å². The first-order chi connectivity index (χ1) is 21.1. The molecule has 254 valence electrons. The first kappa shape index (κ1) is 37.2. The summed E-state index contributed by atoms with van der Waals surface area (Å²) in [4.78, 5) is 1.87. The molecule has 0 aliphatic carbocycles. The van der Waals surface area contributed by atoms with Gasteiger partial charge in [-0.15, -0.1) is 0 Å². The lowest BCUT2D eigenvalue weighted by atomic mass is 9.81. The average molecular weight is 704 g/mol. The maximum Gasteiger partial charge on any atom is 0.460 e. The monoisotopic (exact) mass is 703 g/mol. The molecular weight excluding hydrogens is 682 g/mol. The fourth-order valence-electron chi connectivity index (χ4n) is 4.00. The highest BCUT2D eigenvalue weighted by molar-refractivity contribution is 7.97. The van der Waals surface area contributed by atoms with Gasteiger partial charge in [0.05, 0.1) is 10.9 Å². The normalized spacial score (nSPS) is 14.1. The Morgan fingerprint density at radius 2 is 0.870 bits per heavy atom. The van der Waals surface area contributed by atoms with Crippen LogP contribution in [-0.4, -0.2) is 62.2 Å². The second-order valence-corrected chi connectivity index (χ2v) is 11.4. The zero-order valence-electron chi connectivity index (χ0n) is 22.9. The van der Waals surface area contributed by atoms with Gasteiger partial charge in [0.25, 0.3) is 0 Å². The van der Waals surface area contributed by atoms with Crippen molar-refractivity contribution in [3.05, 3.63) is 84.9 Å². The molecule has 0 saturated carbocycles. The van der Waals surface area contributed by atoms with E-state index in [9.17, 15) is 43.9 Å². The number of hydrogen-bond acceptors (Lipinski definition) is 3. The predicted octanol–water partition coefficient (Wildman–Crippen LogP) is 9.19. The van der Waals surface area contributed by atoms with E-state index in [4.69, 9.17) is 0 Å². The Balaban J connectivity index is 2.15. The Labute approximate surface area is 254 Å². The molecule has 0 fully saturated rings. The highest BCUT2D eigenvalue weighted by Gasteiger charge is 2.92. The van der Waals surface area contributed by atoms with Gasteiger partial charge in [-0.05, 0) is 48.5 Å². The summed E-state index contributed by atoms with van der Waals surface area (Å²) in [7, 11) is -0.501. The summed E-state index contributed by atoms with van der Waals surface area (Å²) in [5.74, 6) is -31.3. The molecule has 0 atom stereocenters. The number of halogens is 14. The van der Waals surface area contributed by atoms with Crippen LogP contribution >= 0.6 is 0 Å². The number of alkyl halides is 14. The molecule has 0 amide bonds. The molecule has 0 aliphatic heterocycles. The SMILES string of the molecule is COCOC(COc1ccc([S+](c2ccccc2)c2ccccc2)cc1)(C(F)(F)C(F)(F)C(F)(F)F)C(F)(F)C(F)(F)C(F)(F)F. The van der Waals surface area contributed by atoms with E-state index in [1.54, 1.807) is 60.7 Å². The van der Waals surface area contributed by atoms with E-state index in [1.807, 2.05) is 0 Å². The smallest absolute Gasteiger partial charge is 0.460 e. The number of hydrogen-bond donors (Lipinski definition) is 0. The molecular formula is C28H21F14O3S+. The Hall–Kier alpha value is -3.25. The minimum atomic E-state index is -7.66. The van der Waals surface area contributed by atoms with Crippen LogP contribution in [0.4, 0.5) is 61.5 Å². The second kappa shape index (κ2) is 13.1. The molecule has 0 heterocycles. The summed E-state index contributed by atoms with van der Waals surface area (Å²) < 4.78 is 207. The molecule has 18 heteroatoms. The summed E-state index contributed by atoms with van der Waals surface area (Å²) >= 11 is 0. The highest BCUT2D eigenvalue weighted by atomic mass is 32.2. The Morgan fingerprint density at radius 3 is 1.22 bits per heavy atom. The lowest BCUT2D eigenvalue weighted by Crippen LogP contribution is -2.78. The van der Waals surface area contributed by atoms with Crippen LogP contribution in [-0.2, 0) is 20.4 Å². The molecule has 0 spiro atoms. The van der Waals surface area contributed by atoms with Crippen LogP contribution in [0.15, 0.2) is 99.6 Å². The van der Waals surface area contributed by atoms with E-state index in [0.717, 1.165) is 21.9 Å². The van der Waals surface area contributed by atoms with Crippen molar-refractivity contribution in [3.63, 3.8) is 0 Å². The van der Waals surface area contributed by atoms with E-state index < -0.39 is 71.7 Å². The van der Waals surface area contributed by atoms with Gasteiger partial charge in [-0.2, -0.15) is 61.5 Å². The van der Waals surface area contributed by atoms with E-state index in [2.05, 4.69) is 14.2 Å². The van der Waals surface area contributed by atoms with Crippen LogP contribution in [0, 0.1) is 0 Å². The summed E-state index contributed by atoms with van der Waals surface area (Å²) in [5.41, 5.74) is -6.34. The van der Waals surface area contributed by atoms with Crippen molar-refractivity contribution >= 4 is 10.9 Å². The molecule has 46 heavy (non-hydrogen) atoms. The van der Waals surface area contributed by atoms with Gasteiger partial charge in [-0.1, -0.05) is 36.4 Å². The molecule has 0 aromatic heterocycles. The molecule has 3 rings (SSSR count). The zero-order chi connectivity index (χ0) is 34.8. The Kier molecular flexibility index (Phi) is 10.6. The molecule has 0 N–H and O–H groups in total. The minimum Gasteiger partial charge on any atom is -0.490 e. The number of benzene rings is 3. The van der Waals surface area contributed by atoms with Crippen LogP contribution in [0.1, 0.15) is 0 Å². The van der Waals surface area contributed by atoms with Crippen LogP contribution in [0.5, 0.6) is 5.75 Å². The van der Waals surface area contributed by atoms with Gasteiger partial charge in [0.15, 0.2) is 14.7 Å². The van der Waals surface area contributed by atoms with Gasteiger partial charge < -0.3 is 14.2 Å². The third kappa shape index (κ3) is 6.47. The molecule has 0 unspecified atom stereocenters. The topological polar surface area (TPSA) is 27.7 Å². The fourth-order valence-corrected chi connectivity index (χ4v) is 6.09. The maximum atomic E-state index is 15.1. The fraction of sp³-hybridized carbons (Fsp3) is 0.357. The third-order valence-electron chi connectivity index (χ3n) is 6.40. The Bertz CT molecular complexity index is 1340. The van der Waals surface area contributed by atoms with Crippen LogP contribution in [0.2, 0.25) is 0 Å². The quantitative estimate of drug-likeness (QED) is 0.101. The standard InChI is InChI=1S/C28H21F14O3S/c1-43-17-45-22(23(29,30)25(33,34)27(37,38)39,24(31,32)26(35,36)28(40,41)42)16-44-18-12-14-21(15-13-18)46(19-8-4-2-5-9-19)20-10-6-3-7-11-20/h2-15H,16-17H2,1H3/q+1. The molecule has 3 nitrogen and oxygen atoms in total. The van der Waals surface area contributed by atoms with E-state index in [-0.39, 0.29) is 0 Å². The zero-order valence-corrected chi connectivity index (χ0v) is 23.7. The summed E-state index contributed by atoms with van der Waals surface area (Å²) in [6.07, 6.45) is -14.9. The molecule has 0 radical (unpaired) electrons. The number of ether oxygens (including phenoxy) is 3. The van der Waals surface area contributed by atoms with Crippen LogP contribution in [0.3, 0.4) is 0 Å². The van der Waals surface area contributed by atoms with Crippen LogP contribution in [0.25, 0.3) is 0 Å². The van der Waals surface area contributed by atoms with Gasteiger partial charge in [0, 0.05) is 7.11 Å². The summed E-state index contributed by atoms with van der Waals surface area (Å²) in [6, 6.07) is 21.2. The molecule has 0 bridgehead atoms. The maximum absolute atomic E-state index is 15.1. The van der Waals surface area contributed by atoms with Crippen molar-refractivity contribution in [2.24, 2.45) is 0 Å². The minimum absolute atomic E-state index is 0.404. The van der Waals surface area contributed by atoms with Crippen molar-refractivity contribution < 1.29 is 75.7 Å². The molecule has 3 aromatic rings. The van der Waals surface area contributed by atoms with Crippen molar-refractivity contribution in [2.75, 3.05) is 20.5 Å². The average Bonchev–Trinajstić information content (AvgIpc) is 2.97. The van der Waals surface area contributed by atoms with E-state index in [0.29, 0.717) is 12.0 Å². The van der Waals surface area contributed by atoms with Crippen LogP contribution < -0.4 is 4.74 Å². The van der Waals surface area contributed by atoms with E-state index >= 15 is 17.6 Å². The number of rotatable bonds is 13. The van der Waals surface area contributed by atoms with Crippen molar-refractivity contribution in [2.45, 2.75) is 56.3 Å². The lowest BCUT2D eigenvalue weighted by molar-refractivity contribution is -0.462. The summed E-state index contributed by atoms with van der Waals surface area (Å²) in [6.45, 7) is -5.25. The second-order valence-electron chi connectivity index (χ2n) is 9.36. The van der Waals surface area contributed by atoms with Gasteiger partial charge >= 0.3 is 36.0 Å². The van der Waals surface area contributed by atoms with Crippen molar-refractivity contribution in [3.8, 4) is 5.75 Å². The molecule has 0 saturated heterocycles. The highest BCUT2D eigenvalue weighted by Crippen LogP contribution is 2.62. The van der Waals surface area contributed by atoms with E-state index in [1.165, 1.54) is 12.1 Å². The van der Waals surface area contributed by atoms with Crippen molar-refractivity contribution in [1.82, 2.24) is 0 Å². The number of methoxy groups -OCH3 is 1. The molecule has 0 aliphatic rings. The van der Waals surface area contributed by atoms with Gasteiger partial charge in [-0.25, -0.2) is 0 Å². The lowest BCUT2D eigenvalue weighted by Gasteiger charge is -2.48. The Morgan fingerprint density at radius 1 is 0.500 bits per heavy atom. The van der Waals surface area contributed by atoms with Gasteiger partial charge in [-0.3, -0.25) is 0 Å². The molecule has 3 aromatic carbocycles. The predicted molar refractivity (Wildman–Crippen MR) is 135 cm³/mol. The first-order valence-corrected chi connectivity index (χ1v) is 13.7.